The Balaban J connectivity index is 0.00000900. The van der Waals surface area contributed by atoms with Crippen molar-refractivity contribution in [3.63, 3.8) is 0 Å². The van der Waals surface area contributed by atoms with E-state index in [0.29, 0.717) is 5.75 Å². The molecule has 1 aromatic carbocycles. The summed E-state index contributed by atoms with van der Waals surface area (Å²) in [4.78, 5) is 21.1. The van der Waals surface area contributed by atoms with Gasteiger partial charge in [-0.25, -0.2) is 9.59 Å². The molecule has 0 aliphatic rings. The van der Waals surface area contributed by atoms with E-state index in [2.05, 4.69) is 11.7 Å². The van der Waals surface area contributed by atoms with Gasteiger partial charge in [0.25, 0.3) is 0 Å². The van der Waals surface area contributed by atoms with Gasteiger partial charge in [0.15, 0.2) is 0 Å². The Morgan fingerprint density at radius 3 is 2.10 bits per heavy atom. The molecule has 0 aliphatic heterocycles. The van der Waals surface area contributed by atoms with Crippen LogP contribution in [0.5, 0.6) is 5.75 Å². The molecule has 1 rings (SSSR count). The molecule has 0 atom stereocenters. The highest BCUT2D eigenvalue weighted by atomic mass is 19.3. The maximum atomic E-state index is 12.8. The number of alkyl halides is 2. The lowest BCUT2D eigenvalue weighted by atomic mass is 10.0. The topological polar surface area (TPSA) is 82.1 Å². The van der Waals surface area contributed by atoms with Gasteiger partial charge in [-0.2, -0.15) is 8.78 Å². The molecule has 1 N–H and O–H groups in total. The van der Waals surface area contributed by atoms with E-state index in [9.17, 15) is 18.4 Å². The van der Waals surface area contributed by atoms with E-state index in [-0.39, 0.29) is 27.2 Å². The van der Waals surface area contributed by atoms with Crippen molar-refractivity contribution in [1.82, 2.24) is 0 Å². The first-order chi connectivity index (χ1) is 14.4. The van der Waals surface area contributed by atoms with E-state index >= 15 is 0 Å². The lowest BCUT2D eigenvalue weighted by molar-refractivity contribution is -0.187. The molecule has 0 saturated heterocycles. The fourth-order valence-corrected chi connectivity index (χ4v) is 2.73. The summed E-state index contributed by atoms with van der Waals surface area (Å²) in [5.41, 5.74) is 1.27. The van der Waals surface area contributed by atoms with Crippen molar-refractivity contribution in [3.8, 4) is 5.75 Å². The van der Waals surface area contributed by atoms with E-state index in [1.54, 1.807) is 0 Å². The fourth-order valence-electron chi connectivity index (χ4n) is 2.73. The number of unbranched alkanes of at least 4 members (excludes halogenated alkanes) is 6. The average Bonchev–Trinajstić information content (AvgIpc) is 2.73. The lowest BCUT2D eigenvalue weighted by Crippen LogP contribution is -2.39. The Morgan fingerprint density at radius 1 is 0.903 bits per heavy atom. The average molecular weight is 447 g/mol. The van der Waals surface area contributed by atoms with Crippen molar-refractivity contribution < 1.29 is 37.7 Å². The number of rotatable bonds is 17. The van der Waals surface area contributed by atoms with Gasteiger partial charge in [-0.05, 0) is 30.5 Å². The van der Waals surface area contributed by atoms with Gasteiger partial charge in [0, 0.05) is 0 Å². The van der Waals surface area contributed by atoms with Gasteiger partial charge in [-0.15, -0.1) is 0 Å². The van der Waals surface area contributed by atoms with Crippen molar-refractivity contribution >= 4 is 11.9 Å². The quantitative estimate of drug-likeness (QED) is 0.199. The highest BCUT2D eigenvalue weighted by Gasteiger charge is 2.49. The summed E-state index contributed by atoms with van der Waals surface area (Å²) in [7, 11) is 0. The van der Waals surface area contributed by atoms with Gasteiger partial charge in [0.2, 0.25) is 0 Å². The summed E-state index contributed by atoms with van der Waals surface area (Å²) >= 11 is 0. The summed E-state index contributed by atoms with van der Waals surface area (Å²) in [5, 5.41) is 8.20. The van der Waals surface area contributed by atoms with Crippen molar-refractivity contribution in [2.45, 2.75) is 71.6 Å². The van der Waals surface area contributed by atoms with Crippen LogP contribution in [-0.4, -0.2) is 49.4 Å². The molecule has 31 heavy (non-hydrogen) atoms. The highest BCUT2D eigenvalue weighted by Crippen LogP contribution is 2.16. The summed E-state index contributed by atoms with van der Waals surface area (Å²) in [5.74, 6) is -8.50. The Kier molecular flexibility index (Phi) is 15.3. The standard InChI is InChI=1S/C22H32F2O6.CH4/c1-2-3-4-5-6-7-8-9-18-10-12-19(13-11-18)29-16-14-28-15-17-30-21(27)22(23,24)20(25)26;/h10-13H,2-9,14-17H2,1H3,(H,25,26);1H4. The van der Waals surface area contributed by atoms with Crippen LogP contribution in [0.4, 0.5) is 8.78 Å². The summed E-state index contributed by atoms with van der Waals surface area (Å²) in [6.45, 7) is 2.04. The molecule has 0 aliphatic carbocycles. The van der Waals surface area contributed by atoms with Crippen LogP contribution in [0.25, 0.3) is 0 Å². The number of carboxylic acids is 1. The van der Waals surface area contributed by atoms with Crippen molar-refractivity contribution in [2.24, 2.45) is 0 Å². The minimum Gasteiger partial charge on any atom is -0.491 e. The van der Waals surface area contributed by atoms with Gasteiger partial charge in [-0.1, -0.05) is 65.0 Å². The number of aliphatic carboxylic acids is 1. The molecule has 1 aromatic rings. The minimum absolute atomic E-state index is 0. The third-order valence-corrected chi connectivity index (χ3v) is 4.47. The number of hydrogen-bond acceptors (Lipinski definition) is 5. The molecule has 0 fully saturated rings. The van der Waals surface area contributed by atoms with Crippen LogP contribution in [0.1, 0.15) is 64.9 Å². The second-order valence-electron chi connectivity index (χ2n) is 6.99. The molecule has 0 saturated carbocycles. The minimum atomic E-state index is -4.55. The Bertz CT molecular complexity index is 619. The van der Waals surface area contributed by atoms with Crippen LogP contribution >= 0.6 is 0 Å². The fraction of sp³-hybridized carbons (Fsp3) is 0.652. The summed E-state index contributed by atoms with van der Waals surface area (Å²) < 4.78 is 40.4. The highest BCUT2D eigenvalue weighted by molar-refractivity contribution is 6.00. The van der Waals surface area contributed by atoms with Gasteiger partial charge in [-0.3, -0.25) is 0 Å². The number of benzene rings is 1. The van der Waals surface area contributed by atoms with E-state index < -0.39 is 24.5 Å². The maximum Gasteiger partial charge on any atom is 0.437 e. The molecule has 8 heteroatoms. The molecule has 178 valence electrons. The first-order valence-electron chi connectivity index (χ1n) is 10.5. The van der Waals surface area contributed by atoms with E-state index in [4.69, 9.17) is 14.6 Å². The maximum absolute atomic E-state index is 12.8. The second kappa shape index (κ2) is 16.5. The van der Waals surface area contributed by atoms with Gasteiger partial charge in [0.05, 0.1) is 13.2 Å². The molecule has 0 bridgehead atoms. The van der Waals surface area contributed by atoms with Crippen molar-refractivity contribution in [2.75, 3.05) is 26.4 Å². The Labute approximate surface area is 183 Å². The van der Waals surface area contributed by atoms with E-state index in [1.165, 1.54) is 50.5 Å². The predicted octanol–water partition coefficient (Wildman–Crippen LogP) is 5.27. The van der Waals surface area contributed by atoms with Crippen LogP contribution in [0.3, 0.4) is 0 Å². The van der Waals surface area contributed by atoms with Gasteiger partial charge < -0.3 is 19.3 Å². The molecule has 0 unspecified atom stereocenters. The first-order valence-corrected chi connectivity index (χ1v) is 10.5. The molecular formula is C23H36F2O6. The summed E-state index contributed by atoms with van der Waals surface area (Å²) in [6.07, 6.45) is 10.0. The number of carbonyl (C=O) groups excluding carboxylic acids is 1. The number of hydrogen-bond donors (Lipinski definition) is 1. The number of esters is 1. The number of ether oxygens (including phenoxy) is 3. The number of aryl methyl sites for hydroxylation is 1. The number of carboxylic acid groups (broad SMARTS) is 1. The SMILES string of the molecule is C.CCCCCCCCCc1ccc(OCCOCCOC(=O)C(F)(F)C(=O)O)cc1. The van der Waals surface area contributed by atoms with Crippen molar-refractivity contribution in [3.05, 3.63) is 29.8 Å². The molecule has 0 heterocycles. The Morgan fingerprint density at radius 2 is 1.48 bits per heavy atom. The molecule has 0 amide bonds. The zero-order valence-corrected chi connectivity index (χ0v) is 17.5. The van der Waals surface area contributed by atoms with Crippen LogP contribution < -0.4 is 4.74 Å². The normalized spacial score (nSPS) is 10.9. The molecule has 0 spiro atoms. The zero-order chi connectivity index (χ0) is 22.2. The first kappa shape index (κ1) is 28.8. The van der Waals surface area contributed by atoms with Gasteiger partial charge >= 0.3 is 17.9 Å². The predicted molar refractivity (Wildman–Crippen MR) is 115 cm³/mol. The van der Waals surface area contributed by atoms with E-state index in [0.717, 1.165) is 6.42 Å². The monoisotopic (exact) mass is 446 g/mol. The number of halogens is 2. The van der Waals surface area contributed by atoms with Crippen LogP contribution in [0, 0.1) is 0 Å². The van der Waals surface area contributed by atoms with E-state index in [1.807, 2.05) is 24.3 Å². The third-order valence-electron chi connectivity index (χ3n) is 4.47. The van der Waals surface area contributed by atoms with Crippen LogP contribution in [-0.2, 0) is 25.5 Å². The molecule has 0 radical (unpaired) electrons. The third kappa shape index (κ3) is 12.3. The van der Waals surface area contributed by atoms with Crippen LogP contribution in [0.15, 0.2) is 24.3 Å². The Hall–Kier alpha value is -2.22. The van der Waals surface area contributed by atoms with Crippen LogP contribution in [0.2, 0.25) is 0 Å². The lowest BCUT2D eigenvalue weighted by Gasteiger charge is -2.11. The smallest absolute Gasteiger partial charge is 0.437 e. The second-order valence-corrected chi connectivity index (χ2v) is 6.99. The van der Waals surface area contributed by atoms with Crippen molar-refractivity contribution in [1.29, 1.82) is 0 Å². The zero-order valence-electron chi connectivity index (χ0n) is 17.5. The molecular weight excluding hydrogens is 410 g/mol. The summed E-state index contributed by atoms with van der Waals surface area (Å²) in [6, 6.07) is 7.86. The molecule has 6 nitrogen and oxygen atoms in total. The largest absolute Gasteiger partial charge is 0.491 e. The molecule has 0 aromatic heterocycles. The number of carbonyl (C=O) groups is 2. The van der Waals surface area contributed by atoms with Gasteiger partial charge in [0.1, 0.15) is 19.0 Å².